The summed E-state index contributed by atoms with van der Waals surface area (Å²) >= 11 is 0. The summed E-state index contributed by atoms with van der Waals surface area (Å²) in [5.41, 5.74) is 0. The van der Waals surface area contributed by atoms with Gasteiger partial charge in [-0.05, 0) is 44.5 Å². The highest BCUT2D eigenvalue weighted by Gasteiger charge is 2.22. The Morgan fingerprint density at radius 1 is 1.38 bits per heavy atom. The predicted octanol–water partition coefficient (Wildman–Crippen LogP) is 1.90. The van der Waals surface area contributed by atoms with E-state index in [1.807, 2.05) is 18.5 Å². The molecule has 1 aromatic carbocycles. The second-order valence-corrected chi connectivity index (χ2v) is 7.04. The van der Waals surface area contributed by atoms with Gasteiger partial charge in [-0.2, -0.15) is 5.10 Å². The maximum absolute atomic E-state index is 13.0. The normalized spacial score (nSPS) is 17.5. The lowest BCUT2D eigenvalue weighted by Crippen LogP contribution is -2.47. The second-order valence-electron chi connectivity index (χ2n) is 7.04. The first kappa shape index (κ1) is 21.0. The van der Waals surface area contributed by atoms with Crippen molar-refractivity contribution in [3.63, 3.8) is 0 Å². The molecule has 1 aliphatic rings. The molecule has 0 bridgehead atoms. The van der Waals surface area contributed by atoms with Gasteiger partial charge in [-0.1, -0.05) is 0 Å². The van der Waals surface area contributed by atoms with Crippen LogP contribution < -0.4 is 15.4 Å². The molecule has 3 rings (SSSR count). The fourth-order valence-corrected chi connectivity index (χ4v) is 3.18. The van der Waals surface area contributed by atoms with Crippen LogP contribution >= 0.6 is 0 Å². The number of aromatic nitrogens is 3. The number of benzene rings is 1. The summed E-state index contributed by atoms with van der Waals surface area (Å²) in [6.45, 7) is 6.37. The highest BCUT2D eigenvalue weighted by molar-refractivity contribution is 5.80. The number of rotatable bonds is 8. The molecular weight excluding hydrogens is 375 g/mol. The Labute approximate surface area is 170 Å². The third kappa shape index (κ3) is 6.15. The van der Waals surface area contributed by atoms with Gasteiger partial charge in [0.2, 0.25) is 0 Å². The smallest absolute Gasteiger partial charge is 0.191 e. The maximum atomic E-state index is 13.0. The van der Waals surface area contributed by atoms with Gasteiger partial charge in [-0.15, -0.1) is 0 Å². The van der Waals surface area contributed by atoms with E-state index in [0.29, 0.717) is 18.9 Å². The van der Waals surface area contributed by atoms with Gasteiger partial charge in [0, 0.05) is 26.1 Å². The number of halogens is 1. The van der Waals surface area contributed by atoms with Crippen molar-refractivity contribution in [1.82, 2.24) is 25.4 Å². The van der Waals surface area contributed by atoms with Crippen LogP contribution in [-0.4, -0.2) is 53.1 Å². The van der Waals surface area contributed by atoms with E-state index < -0.39 is 0 Å². The van der Waals surface area contributed by atoms with Gasteiger partial charge in [0.25, 0.3) is 0 Å². The van der Waals surface area contributed by atoms with E-state index in [0.717, 1.165) is 43.5 Å². The first-order valence-electron chi connectivity index (χ1n) is 9.96. The minimum absolute atomic E-state index is 0.138. The van der Waals surface area contributed by atoms with Crippen LogP contribution in [-0.2, 0) is 24.3 Å². The molecule has 2 atom stereocenters. The highest BCUT2D eigenvalue weighted by Crippen LogP contribution is 2.14. The van der Waals surface area contributed by atoms with Crippen molar-refractivity contribution in [1.29, 1.82) is 0 Å². The second kappa shape index (κ2) is 10.2. The minimum Gasteiger partial charge on any atom is -0.489 e. The molecule has 8 nitrogen and oxygen atoms in total. The third-order valence-corrected chi connectivity index (χ3v) is 4.52. The zero-order valence-electron chi connectivity index (χ0n) is 17.2. The SMILES string of the molecule is CCNC(=NCC(C)Oc1ccc(F)cc1)NC1CCc2nc(COC)nn2C1. The number of aryl methyl sites for hydroxylation is 1. The van der Waals surface area contributed by atoms with E-state index in [9.17, 15) is 4.39 Å². The number of hydrogen-bond acceptors (Lipinski definition) is 5. The van der Waals surface area contributed by atoms with Gasteiger partial charge in [-0.3, -0.25) is 0 Å². The highest BCUT2D eigenvalue weighted by atomic mass is 19.1. The van der Waals surface area contributed by atoms with Crippen LogP contribution in [0.25, 0.3) is 0 Å². The van der Waals surface area contributed by atoms with Crippen molar-refractivity contribution in [3.8, 4) is 5.75 Å². The Bertz CT molecular complexity index is 808. The summed E-state index contributed by atoms with van der Waals surface area (Å²) in [7, 11) is 1.64. The van der Waals surface area contributed by atoms with Crippen LogP contribution in [0.3, 0.4) is 0 Å². The Balaban J connectivity index is 1.55. The van der Waals surface area contributed by atoms with Crippen LogP contribution in [0.1, 0.15) is 31.9 Å². The standard InChI is InChI=1S/C20H29FN6O2/c1-4-22-20(23-11-14(2)29-17-8-5-15(21)6-9-17)24-16-7-10-19-25-18(13-28-3)26-27(19)12-16/h5-6,8-9,14,16H,4,7,10-13H2,1-3H3,(H2,22,23,24). The molecule has 0 saturated carbocycles. The summed E-state index contributed by atoms with van der Waals surface area (Å²) in [5, 5.41) is 11.3. The first-order valence-corrected chi connectivity index (χ1v) is 9.96. The van der Waals surface area contributed by atoms with Crippen LogP contribution in [0.4, 0.5) is 4.39 Å². The van der Waals surface area contributed by atoms with Crippen molar-refractivity contribution >= 4 is 5.96 Å². The fourth-order valence-electron chi connectivity index (χ4n) is 3.18. The average molecular weight is 404 g/mol. The van der Waals surface area contributed by atoms with Crippen LogP contribution in [0, 0.1) is 5.82 Å². The number of hydrogen-bond donors (Lipinski definition) is 2. The fraction of sp³-hybridized carbons (Fsp3) is 0.550. The van der Waals surface area contributed by atoms with Gasteiger partial charge >= 0.3 is 0 Å². The van der Waals surface area contributed by atoms with Crippen molar-refractivity contribution < 1.29 is 13.9 Å². The minimum atomic E-state index is -0.279. The monoisotopic (exact) mass is 404 g/mol. The zero-order chi connectivity index (χ0) is 20.6. The molecule has 2 heterocycles. The van der Waals surface area contributed by atoms with Crippen molar-refractivity contribution in [2.24, 2.45) is 4.99 Å². The summed E-state index contributed by atoms with van der Waals surface area (Å²) in [6, 6.07) is 6.22. The lowest BCUT2D eigenvalue weighted by molar-refractivity contribution is 0.177. The summed E-state index contributed by atoms with van der Waals surface area (Å²) < 4.78 is 25.9. The molecule has 0 radical (unpaired) electrons. The molecule has 2 unspecified atom stereocenters. The molecule has 9 heteroatoms. The van der Waals surface area contributed by atoms with Crippen molar-refractivity contribution in [2.75, 3.05) is 20.2 Å². The van der Waals surface area contributed by atoms with E-state index in [2.05, 4.69) is 25.7 Å². The van der Waals surface area contributed by atoms with Gasteiger partial charge in [0.05, 0.1) is 13.1 Å². The van der Waals surface area contributed by atoms with Gasteiger partial charge in [0.15, 0.2) is 11.8 Å². The molecule has 2 aromatic rings. The summed E-state index contributed by atoms with van der Waals surface area (Å²) in [4.78, 5) is 9.15. The number of nitrogens with zero attached hydrogens (tertiary/aromatic N) is 4. The number of aliphatic imine (C=N–C) groups is 1. The predicted molar refractivity (Wildman–Crippen MR) is 108 cm³/mol. The molecule has 0 saturated heterocycles. The molecule has 2 N–H and O–H groups in total. The Kier molecular flexibility index (Phi) is 7.40. The Hall–Kier alpha value is -2.68. The van der Waals surface area contributed by atoms with Gasteiger partial charge in [0.1, 0.15) is 30.1 Å². The molecule has 29 heavy (non-hydrogen) atoms. The van der Waals surface area contributed by atoms with Crippen molar-refractivity contribution in [3.05, 3.63) is 41.7 Å². The summed E-state index contributed by atoms with van der Waals surface area (Å²) in [5.74, 6) is 2.81. The Morgan fingerprint density at radius 2 is 2.17 bits per heavy atom. The number of guanidine groups is 1. The van der Waals surface area contributed by atoms with E-state index in [-0.39, 0.29) is 18.0 Å². The van der Waals surface area contributed by atoms with Crippen LogP contribution in [0.5, 0.6) is 5.75 Å². The molecule has 0 aliphatic carbocycles. The number of ether oxygens (including phenoxy) is 2. The van der Waals surface area contributed by atoms with E-state index in [4.69, 9.17) is 9.47 Å². The molecule has 158 valence electrons. The molecule has 0 fully saturated rings. The quantitative estimate of drug-likeness (QED) is 0.516. The zero-order valence-corrected chi connectivity index (χ0v) is 17.2. The van der Waals surface area contributed by atoms with Crippen LogP contribution in [0.15, 0.2) is 29.3 Å². The summed E-state index contributed by atoms with van der Waals surface area (Å²) in [6.07, 6.45) is 1.68. The van der Waals surface area contributed by atoms with E-state index in [1.54, 1.807) is 19.2 Å². The number of methoxy groups -OCH3 is 1. The van der Waals surface area contributed by atoms with E-state index in [1.165, 1.54) is 12.1 Å². The first-order chi connectivity index (χ1) is 14.1. The van der Waals surface area contributed by atoms with Crippen molar-refractivity contribution in [2.45, 2.75) is 52.0 Å². The molecule has 0 spiro atoms. The van der Waals surface area contributed by atoms with E-state index >= 15 is 0 Å². The topological polar surface area (TPSA) is 85.6 Å². The Morgan fingerprint density at radius 3 is 2.90 bits per heavy atom. The number of nitrogens with one attached hydrogen (secondary N) is 2. The molecule has 1 aromatic heterocycles. The van der Waals surface area contributed by atoms with Gasteiger partial charge in [-0.25, -0.2) is 19.0 Å². The van der Waals surface area contributed by atoms with Crippen LogP contribution in [0.2, 0.25) is 0 Å². The lowest BCUT2D eigenvalue weighted by atomic mass is 10.1. The number of fused-ring (bicyclic) bond motifs is 1. The largest absolute Gasteiger partial charge is 0.489 e. The van der Waals surface area contributed by atoms with Gasteiger partial charge < -0.3 is 20.1 Å². The molecule has 1 aliphatic heterocycles. The maximum Gasteiger partial charge on any atom is 0.191 e. The third-order valence-electron chi connectivity index (χ3n) is 4.52. The lowest BCUT2D eigenvalue weighted by Gasteiger charge is -2.25. The molecular formula is C20H29FN6O2. The average Bonchev–Trinajstić information content (AvgIpc) is 3.10. The molecule has 0 amide bonds.